The molecule has 0 amide bonds. The second-order valence-electron chi connectivity index (χ2n) is 1.86. The van der Waals surface area contributed by atoms with E-state index in [9.17, 15) is 4.79 Å². The first-order valence-corrected chi connectivity index (χ1v) is 2.86. The summed E-state index contributed by atoms with van der Waals surface area (Å²) in [7, 11) is 1.84. The maximum absolute atomic E-state index is 9.75. The van der Waals surface area contributed by atoms with E-state index in [4.69, 9.17) is 0 Å². The first-order chi connectivity index (χ1) is 4.84. The highest BCUT2D eigenvalue weighted by molar-refractivity contribution is 5.36. The van der Waals surface area contributed by atoms with E-state index in [1.165, 1.54) is 0 Å². The molecule has 0 aromatic carbocycles. The third kappa shape index (κ3) is 1.34. The minimum atomic E-state index is 0.243. The van der Waals surface area contributed by atoms with Crippen LogP contribution in [-0.2, 0) is 23.2 Å². The van der Waals surface area contributed by atoms with Gasteiger partial charge in [-0.2, -0.15) is 0 Å². The Morgan fingerprint density at radius 2 is 2.70 bits per heavy atom. The lowest BCUT2D eigenvalue weighted by Crippen LogP contribution is -1.99. The second kappa shape index (κ2) is 3.00. The summed E-state index contributed by atoms with van der Waals surface area (Å²) < 4.78 is 6.29. The van der Waals surface area contributed by atoms with E-state index in [2.05, 4.69) is 9.72 Å². The molecule has 54 valence electrons. The topological polar surface area (TPSA) is 44.1 Å². The van der Waals surface area contributed by atoms with E-state index in [1.807, 2.05) is 7.05 Å². The van der Waals surface area contributed by atoms with E-state index in [0.717, 1.165) is 5.82 Å². The zero-order valence-electron chi connectivity index (χ0n) is 5.65. The zero-order valence-corrected chi connectivity index (χ0v) is 5.65. The van der Waals surface area contributed by atoms with Crippen LogP contribution in [0.3, 0.4) is 0 Å². The summed E-state index contributed by atoms with van der Waals surface area (Å²) in [5, 5.41) is 0. The predicted octanol–water partition coefficient (Wildman–Crippen LogP) is 0.0931. The Kier molecular flexibility index (Phi) is 2.04. The molecule has 1 rings (SSSR count). The molecule has 0 aliphatic rings. The van der Waals surface area contributed by atoms with Crippen LogP contribution in [0.2, 0.25) is 0 Å². The van der Waals surface area contributed by atoms with Gasteiger partial charge in [0, 0.05) is 19.4 Å². The Morgan fingerprint density at radius 3 is 3.20 bits per heavy atom. The largest absolute Gasteiger partial charge is 0.460 e. The van der Waals surface area contributed by atoms with Crippen LogP contribution in [0.4, 0.5) is 0 Å². The highest BCUT2D eigenvalue weighted by atomic mass is 16.5. The summed E-state index contributed by atoms with van der Waals surface area (Å²) in [5.41, 5.74) is 0. The molecule has 0 aliphatic heterocycles. The quantitative estimate of drug-likeness (QED) is 0.559. The first kappa shape index (κ1) is 6.80. The molecule has 4 heteroatoms. The van der Waals surface area contributed by atoms with Gasteiger partial charge < -0.3 is 9.30 Å². The van der Waals surface area contributed by atoms with Gasteiger partial charge in [0.25, 0.3) is 6.47 Å². The summed E-state index contributed by atoms with van der Waals surface area (Å²) in [6.45, 7) is 0.654. The van der Waals surface area contributed by atoms with Gasteiger partial charge in [0.2, 0.25) is 0 Å². The van der Waals surface area contributed by atoms with Gasteiger partial charge in [-0.05, 0) is 0 Å². The smallest absolute Gasteiger partial charge is 0.293 e. The molecule has 1 aromatic heterocycles. The van der Waals surface area contributed by atoms with Gasteiger partial charge in [0.1, 0.15) is 12.4 Å². The molecule has 1 heterocycles. The van der Waals surface area contributed by atoms with Crippen molar-refractivity contribution in [3.05, 3.63) is 18.2 Å². The summed E-state index contributed by atoms with van der Waals surface area (Å²) >= 11 is 0. The Balaban J connectivity index is 2.56. The van der Waals surface area contributed by atoms with Crippen LogP contribution in [0.25, 0.3) is 0 Å². The third-order valence-electron chi connectivity index (χ3n) is 1.20. The fourth-order valence-corrected chi connectivity index (χ4v) is 0.644. The number of hydrogen-bond donors (Lipinski definition) is 0. The predicted molar refractivity (Wildman–Crippen MR) is 34.1 cm³/mol. The number of imidazole rings is 1. The molecule has 4 nitrogen and oxygen atoms in total. The monoisotopic (exact) mass is 140 g/mol. The van der Waals surface area contributed by atoms with Crippen molar-refractivity contribution in [2.75, 3.05) is 0 Å². The molecule has 1 aromatic rings. The summed E-state index contributed by atoms with van der Waals surface area (Å²) in [5.74, 6) is 0.743. The lowest BCUT2D eigenvalue weighted by atomic mass is 10.6. The number of hydrogen-bond acceptors (Lipinski definition) is 3. The number of aromatic nitrogens is 2. The number of rotatable bonds is 3. The summed E-state index contributed by atoms with van der Waals surface area (Å²) in [4.78, 5) is 13.7. The minimum absolute atomic E-state index is 0.243. The first-order valence-electron chi connectivity index (χ1n) is 2.86. The number of ether oxygens (including phenoxy) is 1. The standard InChI is InChI=1S/C6H8N2O2/c1-8-3-2-7-6(8)4-10-5-9/h2-3,5H,4H2,1H3. The van der Waals surface area contributed by atoms with Crippen molar-refractivity contribution in [1.82, 2.24) is 9.55 Å². The van der Waals surface area contributed by atoms with Crippen molar-refractivity contribution in [3.63, 3.8) is 0 Å². The van der Waals surface area contributed by atoms with Crippen LogP contribution in [0.5, 0.6) is 0 Å². The number of aryl methyl sites for hydroxylation is 1. The SMILES string of the molecule is Cn1ccnc1COC=O. The van der Waals surface area contributed by atoms with Crippen LogP contribution < -0.4 is 0 Å². The van der Waals surface area contributed by atoms with E-state index >= 15 is 0 Å². The van der Waals surface area contributed by atoms with Gasteiger partial charge in [-0.3, -0.25) is 4.79 Å². The molecule has 0 atom stereocenters. The van der Waals surface area contributed by atoms with Gasteiger partial charge in [-0.25, -0.2) is 4.98 Å². The molecule has 0 bridgehead atoms. The van der Waals surface area contributed by atoms with Crippen LogP contribution in [0, 0.1) is 0 Å². The van der Waals surface area contributed by atoms with Crippen molar-refractivity contribution in [2.24, 2.45) is 7.05 Å². The molecule has 0 unspecified atom stereocenters. The number of carbonyl (C=O) groups excluding carboxylic acids is 1. The maximum atomic E-state index is 9.75. The van der Waals surface area contributed by atoms with Crippen molar-refractivity contribution in [1.29, 1.82) is 0 Å². The van der Waals surface area contributed by atoms with Gasteiger partial charge in [0.15, 0.2) is 0 Å². The molecule has 0 spiro atoms. The van der Waals surface area contributed by atoms with Crippen molar-refractivity contribution in [3.8, 4) is 0 Å². The molecule has 0 fully saturated rings. The molecule has 0 N–H and O–H groups in total. The Morgan fingerprint density at radius 1 is 1.90 bits per heavy atom. The van der Waals surface area contributed by atoms with Gasteiger partial charge in [-0.1, -0.05) is 0 Å². The Bertz CT molecular complexity index is 219. The third-order valence-corrected chi connectivity index (χ3v) is 1.20. The molecular weight excluding hydrogens is 132 g/mol. The van der Waals surface area contributed by atoms with E-state index in [0.29, 0.717) is 6.47 Å². The number of nitrogens with zero attached hydrogens (tertiary/aromatic N) is 2. The van der Waals surface area contributed by atoms with E-state index < -0.39 is 0 Å². The highest BCUT2D eigenvalue weighted by Crippen LogP contribution is 1.94. The molecule has 0 radical (unpaired) electrons. The lowest BCUT2D eigenvalue weighted by molar-refractivity contribution is -0.130. The van der Waals surface area contributed by atoms with Crippen LogP contribution in [-0.4, -0.2) is 16.0 Å². The Hall–Kier alpha value is -1.32. The minimum Gasteiger partial charge on any atom is -0.460 e. The van der Waals surface area contributed by atoms with Crippen LogP contribution in [0.1, 0.15) is 5.82 Å². The van der Waals surface area contributed by atoms with E-state index in [1.54, 1.807) is 17.0 Å². The van der Waals surface area contributed by atoms with Gasteiger partial charge >= 0.3 is 0 Å². The molecular formula is C6H8N2O2. The fourth-order valence-electron chi connectivity index (χ4n) is 0.644. The molecule has 0 saturated carbocycles. The number of carbonyl (C=O) groups is 1. The average molecular weight is 140 g/mol. The van der Waals surface area contributed by atoms with Crippen LogP contribution in [0.15, 0.2) is 12.4 Å². The Labute approximate surface area is 58.4 Å². The summed E-state index contributed by atoms with van der Waals surface area (Å²) in [6.07, 6.45) is 3.45. The summed E-state index contributed by atoms with van der Waals surface area (Å²) in [6, 6.07) is 0. The normalized spacial score (nSPS) is 9.30. The zero-order chi connectivity index (χ0) is 7.40. The van der Waals surface area contributed by atoms with Crippen LogP contribution >= 0.6 is 0 Å². The second-order valence-corrected chi connectivity index (χ2v) is 1.86. The maximum Gasteiger partial charge on any atom is 0.293 e. The molecule has 0 saturated heterocycles. The highest BCUT2D eigenvalue weighted by Gasteiger charge is 1.96. The molecule has 10 heavy (non-hydrogen) atoms. The van der Waals surface area contributed by atoms with E-state index in [-0.39, 0.29) is 6.61 Å². The van der Waals surface area contributed by atoms with Gasteiger partial charge in [-0.15, -0.1) is 0 Å². The van der Waals surface area contributed by atoms with Crippen molar-refractivity contribution < 1.29 is 9.53 Å². The van der Waals surface area contributed by atoms with Gasteiger partial charge in [0.05, 0.1) is 0 Å². The lowest BCUT2D eigenvalue weighted by Gasteiger charge is -1.97. The van der Waals surface area contributed by atoms with Crippen molar-refractivity contribution in [2.45, 2.75) is 6.61 Å². The fraction of sp³-hybridized carbons (Fsp3) is 0.333. The average Bonchev–Trinajstić information content (AvgIpc) is 2.31. The van der Waals surface area contributed by atoms with Crippen molar-refractivity contribution >= 4 is 6.47 Å². The molecule has 0 aliphatic carbocycles.